The molecular formula is C26H17ClN4. The van der Waals surface area contributed by atoms with Crippen LogP contribution in [0.15, 0.2) is 66.7 Å². The monoisotopic (exact) mass is 420 g/mol. The minimum Gasteiger partial charge on any atom is -0.355 e. The summed E-state index contributed by atoms with van der Waals surface area (Å²) in [6, 6.07) is 22.4. The van der Waals surface area contributed by atoms with Gasteiger partial charge in [0.25, 0.3) is 0 Å². The highest BCUT2D eigenvalue weighted by Gasteiger charge is 2.07. The summed E-state index contributed by atoms with van der Waals surface area (Å²) in [7, 11) is 0. The Hall–Kier alpha value is -3.89. The van der Waals surface area contributed by atoms with Gasteiger partial charge in [-0.1, -0.05) is 23.7 Å². The van der Waals surface area contributed by atoms with Crippen LogP contribution in [0.25, 0.3) is 57.5 Å². The molecule has 2 N–H and O–H groups in total. The summed E-state index contributed by atoms with van der Waals surface area (Å²) < 4.78 is 0. The van der Waals surface area contributed by atoms with E-state index < -0.39 is 0 Å². The molecule has 8 bridgehead atoms. The van der Waals surface area contributed by atoms with Gasteiger partial charge < -0.3 is 9.97 Å². The zero-order valence-electron chi connectivity index (χ0n) is 16.4. The van der Waals surface area contributed by atoms with E-state index >= 15 is 0 Å². The van der Waals surface area contributed by atoms with Crippen molar-refractivity contribution < 1.29 is 0 Å². The Morgan fingerprint density at radius 2 is 1.16 bits per heavy atom. The molecule has 148 valence electrons. The lowest BCUT2D eigenvalue weighted by molar-refractivity contribution is 1.28. The number of nitrogens with one attached hydrogen (secondary N) is 2. The summed E-state index contributed by atoms with van der Waals surface area (Å²) in [5.74, 6) is 0. The number of halogens is 1. The van der Waals surface area contributed by atoms with Gasteiger partial charge in [0.1, 0.15) is 0 Å². The summed E-state index contributed by atoms with van der Waals surface area (Å²) >= 11 is 6.10. The molecule has 0 unspecified atom stereocenters. The molecule has 0 fully saturated rings. The van der Waals surface area contributed by atoms with Gasteiger partial charge in [-0.2, -0.15) is 0 Å². The fourth-order valence-electron chi connectivity index (χ4n) is 3.89. The van der Waals surface area contributed by atoms with Crippen LogP contribution in [0.2, 0.25) is 5.02 Å². The van der Waals surface area contributed by atoms with Crippen LogP contribution in [0.3, 0.4) is 0 Å². The second kappa shape index (κ2) is 7.11. The molecule has 5 heterocycles. The van der Waals surface area contributed by atoms with E-state index in [1.54, 1.807) is 0 Å². The third-order valence-corrected chi connectivity index (χ3v) is 5.58. The summed E-state index contributed by atoms with van der Waals surface area (Å²) in [6.07, 6.45) is 8.05. The average Bonchev–Trinajstić information content (AvgIpc) is 3.54. The van der Waals surface area contributed by atoms with Crippen molar-refractivity contribution in [1.82, 2.24) is 19.9 Å². The minimum atomic E-state index is 0.722. The molecule has 0 atom stereocenters. The Kier molecular flexibility index (Phi) is 4.11. The Morgan fingerprint density at radius 1 is 0.548 bits per heavy atom. The van der Waals surface area contributed by atoms with Crippen LogP contribution in [0.1, 0.15) is 22.8 Å². The van der Waals surface area contributed by atoms with Crippen molar-refractivity contribution in [3.8, 4) is 11.1 Å². The van der Waals surface area contributed by atoms with Gasteiger partial charge in [0, 0.05) is 32.7 Å². The normalized spacial score (nSPS) is 12.4. The molecule has 4 nitrogen and oxygen atoms in total. The van der Waals surface area contributed by atoms with Crippen LogP contribution in [-0.4, -0.2) is 19.9 Å². The van der Waals surface area contributed by atoms with E-state index in [0.717, 1.165) is 61.0 Å². The van der Waals surface area contributed by atoms with E-state index in [1.165, 1.54) is 0 Å². The zero-order chi connectivity index (χ0) is 20.8. The van der Waals surface area contributed by atoms with Crippen molar-refractivity contribution in [1.29, 1.82) is 0 Å². The van der Waals surface area contributed by atoms with Crippen LogP contribution < -0.4 is 0 Å². The number of benzene rings is 1. The number of aromatic amines is 2. The topological polar surface area (TPSA) is 57.4 Å². The van der Waals surface area contributed by atoms with Crippen molar-refractivity contribution in [2.45, 2.75) is 0 Å². The predicted molar refractivity (Wildman–Crippen MR) is 129 cm³/mol. The van der Waals surface area contributed by atoms with Gasteiger partial charge in [0.15, 0.2) is 0 Å². The first kappa shape index (κ1) is 17.9. The maximum absolute atomic E-state index is 6.10. The van der Waals surface area contributed by atoms with E-state index in [4.69, 9.17) is 16.6 Å². The zero-order valence-corrected chi connectivity index (χ0v) is 17.2. The van der Waals surface area contributed by atoms with Gasteiger partial charge in [-0.05, 0) is 84.5 Å². The van der Waals surface area contributed by atoms with E-state index in [2.05, 4.69) is 45.3 Å². The lowest BCUT2D eigenvalue weighted by atomic mass is 10.1. The fraction of sp³-hybridized carbons (Fsp3) is 0. The van der Waals surface area contributed by atoms with Gasteiger partial charge in [0.05, 0.1) is 22.8 Å². The molecule has 2 aliphatic rings. The molecule has 6 rings (SSSR count). The number of rotatable bonds is 1. The predicted octanol–water partition coefficient (Wildman–Crippen LogP) is 6.98. The first-order valence-corrected chi connectivity index (χ1v) is 10.4. The SMILES string of the molecule is Clc1ccc(-c2cc3cc4ccc(cc5nc(cc6nc(cc2[nH]3)C=C6)C=C5)[nH]4)cc1. The molecule has 3 aromatic heterocycles. The molecule has 31 heavy (non-hydrogen) atoms. The first-order chi connectivity index (χ1) is 15.2. The van der Waals surface area contributed by atoms with E-state index in [0.29, 0.717) is 0 Å². The third-order valence-electron chi connectivity index (χ3n) is 5.32. The molecule has 0 aliphatic carbocycles. The molecule has 0 saturated heterocycles. The van der Waals surface area contributed by atoms with Gasteiger partial charge in [-0.3, -0.25) is 0 Å². The number of H-pyrrole nitrogens is 2. The third kappa shape index (κ3) is 3.58. The van der Waals surface area contributed by atoms with Crippen LogP contribution in [0, 0.1) is 0 Å². The molecule has 4 aromatic rings. The number of aromatic nitrogens is 4. The fourth-order valence-corrected chi connectivity index (χ4v) is 4.01. The summed E-state index contributed by atoms with van der Waals surface area (Å²) in [6.45, 7) is 0. The first-order valence-electron chi connectivity index (χ1n) is 10.0. The number of hydrogen-bond donors (Lipinski definition) is 2. The van der Waals surface area contributed by atoms with Crippen molar-refractivity contribution in [3.05, 3.63) is 94.5 Å². The van der Waals surface area contributed by atoms with Gasteiger partial charge in [0.2, 0.25) is 0 Å². The summed E-state index contributed by atoms with van der Waals surface area (Å²) in [5.41, 5.74) is 9.80. The standard InChI is InChI=1S/C26H17ClN4/c27-17-3-1-16(2-4-17)25-14-24-13-22-8-7-20(29-22)11-18-5-6-19(28-18)12-21-9-10-23(30-21)15-26(25)31-24/h1-15,29,31H. The van der Waals surface area contributed by atoms with Gasteiger partial charge >= 0.3 is 0 Å². The molecule has 5 heteroatoms. The number of nitrogens with zero attached hydrogens (tertiary/aromatic N) is 2. The Balaban J connectivity index is 1.67. The second-order valence-electron chi connectivity index (χ2n) is 7.60. The maximum atomic E-state index is 6.10. The lowest BCUT2D eigenvalue weighted by Gasteiger charge is -1.99. The quantitative estimate of drug-likeness (QED) is 0.301. The van der Waals surface area contributed by atoms with Crippen LogP contribution >= 0.6 is 11.6 Å². The summed E-state index contributed by atoms with van der Waals surface area (Å²) in [5, 5.41) is 0.722. The Bertz CT molecular complexity index is 1540. The molecule has 0 amide bonds. The highest BCUT2D eigenvalue weighted by molar-refractivity contribution is 6.30. The molecule has 0 spiro atoms. The number of fused-ring (bicyclic) bond motifs is 8. The maximum Gasteiger partial charge on any atom is 0.0659 e. The molecule has 2 aliphatic heterocycles. The average molecular weight is 421 g/mol. The molecular weight excluding hydrogens is 404 g/mol. The highest BCUT2D eigenvalue weighted by atomic mass is 35.5. The van der Waals surface area contributed by atoms with Crippen molar-refractivity contribution in [2.24, 2.45) is 0 Å². The molecule has 0 radical (unpaired) electrons. The van der Waals surface area contributed by atoms with Crippen molar-refractivity contribution in [3.63, 3.8) is 0 Å². The van der Waals surface area contributed by atoms with Crippen LogP contribution in [0.5, 0.6) is 0 Å². The van der Waals surface area contributed by atoms with Crippen LogP contribution in [-0.2, 0) is 0 Å². The van der Waals surface area contributed by atoms with E-state index in [1.807, 2.05) is 60.7 Å². The number of hydrogen-bond acceptors (Lipinski definition) is 2. The van der Waals surface area contributed by atoms with E-state index in [9.17, 15) is 0 Å². The lowest BCUT2D eigenvalue weighted by Crippen LogP contribution is -1.78. The Morgan fingerprint density at radius 3 is 1.87 bits per heavy atom. The molecule has 1 aromatic carbocycles. The van der Waals surface area contributed by atoms with Gasteiger partial charge in [-0.25, -0.2) is 9.97 Å². The molecule has 0 saturated carbocycles. The van der Waals surface area contributed by atoms with Gasteiger partial charge in [-0.15, -0.1) is 0 Å². The largest absolute Gasteiger partial charge is 0.355 e. The summed E-state index contributed by atoms with van der Waals surface area (Å²) in [4.78, 5) is 16.4. The smallest absolute Gasteiger partial charge is 0.0659 e. The van der Waals surface area contributed by atoms with E-state index in [-0.39, 0.29) is 0 Å². The van der Waals surface area contributed by atoms with Crippen molar-refractivity contribution >= 4 is 58.0 Å². The Labute approximate surface area is 183 Å². The minimum absolute atomic E-state index is 0.722. The van der Waals surface area contributed by atoms with Crippen LogP contribution in [0.4, 0.5) is 0 Å². The second-order valence-corrected chi connectivity index (χ2v) is 8.03. The highest BCUT2D eigenvalue weighted by Crippen LogP contribution is 2.28. The van der Waals surface area contributed by atoms with Crippen molar-refractivity contribution in [2.75, 3.05) is 0 Å².